The third kappa shape index (κ3) is 6.71. The first-order valence-corrected chi connectivity index (χ1v) is 14.2. The maximum atomic E-state index is 12.9. The Balaban J connectivity index is 1.22. The van der Waals surface area contributed by atoms with Gasteiger partial charge in [-0.3, -0.25) is 0 Å². The molecule has 0 saturated heterocycles. The summed E-state index contributed by atoms with van der Waals surface area (Å²) in [5.41, 5.74) is 3.03. The number of likely N-dealkylation sites (N-methyl/N-ethyl adjacent to an activating group) is 1. The van der Waals surface area contributed by atoms with Crippen molar-refractivity contribution in [1.29, 1.82) is 0 Å². The van der Waals surface area contributed by atoms with Gasteiger partial charge in [0.1, 0.15) is 17.0 Å². The molecule has 0 bridgehead atoms. The quantitative estimate of drug-likeness (QED) is 0.256. The second-order valence-electron chi connectivity index (χ2n) is 10.1. The highest BCUT2D eigenvalue weighted by molar-refractivity contribution is 7.18. The third-order valence-corrected chi connectivity index (χ3v) is 8.30. The molecule has 1 fully saturated rings. The first-order valence-electron chi connectivity index (χ1n) is 13.4. The Morgan fingerprint density at radius 1 is 1.10 bits per heavy atom. The number of nitrogens with zero attached hydrogens (tertiary/aromatic N) is 4. The van der Waals surface area contributed by atoms with Gasteiger partial charge in [-0.25, -0.2) is 15.0 Å². The molecule has 8 nitrogen and oxygen atoms in total. The molecular formula is C29H32F3N5O3S. The van der Waals surface area contributed by atoms with Crippen LogP contribution in [0.3, 0.4) is 0 Å². The number of halogens is 3. The van der Waals surface area contributed by atoms with Crippen molar-refractivity contribution in [2.24, 2.45) is 0 Å². The van der Waals surface area contributed by atoms with Crippen molar-refractivity contribution in [3.05, 3.63) is 59.4 Å². The van der Waals surface area contributed by atoms with Crippen molar-refractivity contribution in [1.82, 2.24) is 20.3 Å². The van der Waals surface area contributed by atoms with Gasteiger partial charge in [0.05, 0.1) is 37.7 Å². The van der Waals surface area contributed by atoms with E-state index in [0.717, 1.165) is 28.0 Å². The number of hydrogen-bond donors (Lipinski definition) is 2. The minimum Gasteiger partial charge on any atom is -0.488 e. The van der Waals surface area contributed by atoms with Crippen LogP contribution >= 0.6 is 11.3 Å². The van der Waals surface area contributed by atoms with Crippen LogP contribution in [0.2, 0.25) is 0 Å². The van der Waals surface area contributed by atoms with Crippen LogP contribution < -0.4 is 19.7 Å². The van der Waals surface area contributed by atoms with E-state index in [2.05, 4.69) is 32.4 Å². The Labute approximate surface area is 240 Å². The van der Waals surface area contributed by atoms with Crippen molar-refractivity contribution in [2.75, 3.05) is 25.7 Å². The highest BCUT2D eigenvalue weighted by Gasteiger charge is 2.37. The van der Waals surface area contributed by atoms with E-state index >= 15 is 0 Å². The molecule has 1 aliphatic rings. The van der Waals surface area contributed by atoms with Crippen LogP contribution in [-0.4, -0.2) is 65.2 Å². The number of ether oxygens (including phenoxy) is 2. The van der Waals surface area contributed by atoms with Crippen LogP contribution in [0.25, 0.3) is 21.3 Å². The average molecular weight is 588 g/mol. The summed E-state index contributed by atoms with van der Waals surface area (Å²) in [7, 11) is 3.38. The first-order chi connectivity index (χ1) is 19.6. The molecule has 218 valence electrons. The fraction of sp³-hybridized carbons (Fsp3) is 0.414. The lowest BCUT2D eigenvalue weighted by Crippen LogP contribution is -2.38. The zero-order chi connectivity index (χ0) is 29.1. The van der Waals surface area contributed by atoms with Crippen LogP contribution in [-0.2, 0) is 13.0 Å². The summed E-state index contributed by atoms with van der Waals surface area (Å²) in [5, 5.41) is 15.0. The molecule has 0 amide bonds. The van der Waals surface area contributed by atoms with E-state index in [9.17, 15) is 18.3 Å². The number of aliphatic hydroxyl groups is 1. The highest BCUT2D eigenvalue weighted by atomic mass is 32.1. The van der Waals surface area contributed by atoms with Gasteiger partial charge in [-0.1, -0.05) is 24.3 Å². The number of anilines is 1. The molecule has 0 aliphatic heterocycles. The summed E-state index contributed by atoms with van der Waals surface area (Å²) in [5.74, 6) is 1.58. The van der Waals surface area contributed by atoms with Crippen LogP contribution in [0.1, 0.15) is 30.2 Å². The monoisotopic (exact) mass is 587 g/mol. The minimum absolute atomic E-state index is 0.0669. The van der Waals surface area contributed by atoms with Gasteiger partial charge in [0, 0.05) is 36.3 Å². The van der Waals surface area contributed by atoms with Gasteiger partial charge in [0.25, 0.3) is 5.88 Å². The SMILES string of the molecule is CCOc1cc(-c2ccc(CNC3CC(O)C(N(C)c4ncnc5sc(CC(F)(F)F)cc45)C3)cc2)cnc1OC. The van der Waals surface area contributed by atoms with Gasteiger partial charge in [-0.2, -0.15) is 13.2 Å². The number of thiophene rings is 1. The molecule has 1 saturated carbocycles. The summed E-state index contributed by atoms with van der Waals surface area (Å²) in [4.78, 5) is 15.4. The predicted octanol–water partition coefficient (Wildman–Crippen LogP) is 5.38. The molecule has 3 atom stereocenters. The topological polar surface area (TPSA) is 92.6 Å². The Morgan fingerprint density at radius 3 is 2.59 bits per heavy atom. The van der Waals surface area contributed by atoms with E-state index in [1.807, 2.05) is 37.1 Å². The minimum atomic E-state index is -4.29. The van der Waals surface area contributed by atoms with E-state index in [1.165, 1.54) is 12.4 Å². The summed E-state index contributed by atoms with van der Waals surface area (Å²) in [6.45, 7) is 3.05. The number of nitrogens with one attached hydrogen (secondary N) is 1. The van der Waals surface area contributed by atoms with Gasteiger partial charge in [-0.15, -0.1) is 11.3 Å². The molecule has 3 heterocycles. The molecule has 12 heteroatoms. The molecule has 5 rings (SSSR count). The number of alkyl halides is 3. The van der Waals surface area contributed by atoms with Gasteiger partial charge in [-0.05, 0) is 43.0 Å². The molecule has 3 aromatic heterocycles. The number of aromatic nitrogens is 3. The lowest BCUT2D eigenvalue weighted by atomic mass is 10.1. The fourth-order valence-electron chi connectivity index (χ4n) is 5.27. The smallest absolute Gasteiger partial charge is 0.393 e. The molecule has 0 radical (unpaired) electrons. The standard InChI is InChI=1S/C29H32F3N5O3S/c1-4-40-25-9-19(15-34-27(25)39-3)18-7-5-17(6-8-18)14-33-20-10-23(24(38)11-20)37(2)26-22-12-21(13-29(30,31)32)41-28(22)36-16-35-26/h5-9,12,15-16,20,23-24,33,38H,4,10-11,13-14H2,1-3H3. The normalized spacial score (nSPS) is 19.0. The maximum absolute atomic E-state index is 12.9. The zero-order valence-electron chi connectivity index (χ0n) is 23.0. The second kappa shape index (κ2) is 12.2. The van der Waals surface area contributed by atoms with Crippen molar-refractivity contribution < 1.29 is 27.8 Å². The number of rotatable bonds is 10. The highest BCUT2D eigenvalue weighted by Crippen LogP contribution is 2.36. The largest absolute Gasteiger partial charge is 0.488 e. The fourth-order valence-corrected chi connectivity index (χ4v) is 6.29. The lowest BCUT2D eigenvalue weighted by Gasteiger charge is -2.28. The molecule has 3 unspecified atom stereocenters. The molecule has 1 aliphatic carbocycles. The molecule has 0 spiro atoms. The number of methoxy groups -OCH3 is 1. The van der Waals surface area contributed by atoms with E-state index in [-0.39, 0.29) is 17.0 Å². The summed E-state index contributed by atoms with van der Waals surface area (Å²) >= 11 is 1.02. The van der Waals surface area contributed by atoms with Crippen molar-refractivity contribution in [2.45, 2.75) is 57.1 Å². The molecule has 41 heavy (non-hydrogen) atoms. The molecule has 2 N–H and O–H groups in total. The lowest BCUT2D eigenvalue weighted by molar-refractivity contribution is -0.126. The van der Waals surface area contributed by atoms with Crippen molar-refractivity contribution in [3.8, 4) is 22.8 Å². The summed E-state index contributed by atoms with van der Waals surface area (Å²) in [6.07, 6.45) is -1.56. The number of aliphatic hydroxyl groups excluding tert-OH is 1. The Kier molecular flexibility index (Phi) is 8.62. The van der Waals surface area contributed by atoms with E-state index < -0.39 is 18.7 Å². The number of fused-ring (bicyclic) bond motifs is 1. The van der Waals surface area contributed by atoms with Gasteiger partial charge < -0.3 is 24.8 Å². The molecule has 1 aromatic carbocycles. The van der Waals surface area contributed by atoms with E-state index in [0.29, 0.717) is 53.7 Å². The second-order valence-corrected chi connectivity index (χ2v) is 11.2. The van der Waals surface area contributed by atoms with Crippen molar-refractivity contribution >= 4 is 27.4 Å². The summed E-state index contributed by atoms with van der Waals surface area (Å²) in [6, 6.07) is 11.4. The Hall–Kier alpha value is -3.48. The van der Waals surface area contributed by atoms with Crippen LogP contribution in [0.15, 0.2) is 48.9 Å². The number of hydrogen-bond acceptors (Lipinski definition) is 9. The van der Waals surface area contributed by atoms with E-state index in [4.69, 9.17) is 9.47 Å². The third-order valence-electron chi connectivity index (χ3n) is 7.26. The molecule has 4 aromatic rings. The maximum Gasteiger partial charge on any atom is 0.393 e. The first kappa shape index (κ1) is 29.0. The molecular weight excluding hydrogens is 555 g/mol. The van der Waals surface area contributed by atoms with Gasteiger partial charge >= 0.3 is 6.18 Å². The Morgan fingerprint density at radius 2 is 1.88 bits per heavy atom. The zero-order valence-corrected chi connectivity index (χ0v) is 23.8. The average Bonchev–Trinajstić information content (AvgIpc) is 3.53. The summed E-state index contributed by atoms with van der Waals surface area (Å²) < 4.78 is 49.7. The predicted molar refractivity (Wildman–Crippen MR) is 153 cm³/mol. The van der Waals surface area contributed by atoms with Gasteiger partial charge in [0.2, 0.25) is 0 Å². The van der Waals surface area contributed by atoms with Crippen LogP contribution in [0.4, 0.5) is 19.0 Å². The number of benzene rings is 1. The van der Waals surface area contributed by atoms with Gasteiger partial charge in [0.15, 0.2) is 5.75 Å². The van der Waals surface area contributed by atoms with Crippen molar-refractivity contribution in [3.63, 3.8) is 0 Å². The van der Waals surface area contributed by atoms with E-state index in [1.54, 1.807) is 13.3 Å². The van der Waals surface area contributed by atoms with Crippen LogP contribution in [0, 0.1) is 0 Å². The Bertz CT molecular complexity index is 1480. The number of pyridine rings is 1. The van der Waals surface area contributed by atoms with Crippen LogP contribution in [0.5, 0.6) is 11.6 Å².